The van der Waals surface area contributed by atoms with Crippen LogP contribution >= 0.6 is 0 Å². The summed E-state index contributed by atoms with van der Waals surface area (Å²) < 4.78 is 10.8. The lowest BCUT2D eigenvalue weighted by Gasteiger charge is -2.17. The van der Waals surface area contributed by atoms with E-state index in [0.29, 0.717) is 0 Å². The van der Waals surface area contributed by atoms with E-state index in [1.807, 2.05) is 25.2 Å². The molecule has 1 N–H and O–H groups in total. The van der Waals surface area contributed by atoms with Crippen molar-refractivity contribution in [3.8, 4) is 0 Å². The summed E-state index contributed by atoms with van der Waals surface area (Å²) in [7, 11) is 3.65. The van der Waals surface area contributed by atoms with Crippen LogP contribution in [-0.4, -0.2) is 33.9 Å². The third kappa shape index (κ3) is 4.75. The van der Waals surface area contributed by atoms with E-state index in [4.69, 9.17) is 9.47 Å². The zero-order valence-electron chi connectivity index (χ0n) is 10.1. The molecular formula is C13H21NO2. The minimum Gasteiger partial charge on any atom is -0.385 e. The number of methoxy groups -OCH3 is 1. The highest BCUT2D eigenvalue weighted by molar-refractivity contribution is 5.17. The number of ether oxygens (including phenoxy) is 2. The van der Waals surface area contributed by atoms with Crippen molar-refractivity contribution in [3.63, 3.8) is 0 Å². The van der Waals surface area contributed by atoms with E-state index in [1.54, 1.807) is 7.11 Å². The smallest absolute Gasteiger partial charge is 0.0949 e. The van der Waals surface area contributed by atoms with Crippen molar-refractivity contribution >= 4 is 0 Å². The molecule has 1 aromatic rings. The number of hydrogen-bond donors (Lipinski definition) is 1. The molecule has 1 atom stereocenters. The second-order valence-electron chi connectivity index (χ2n) is 3.67. The highest BCUT2D eigenvalue weighted by Crippen LogP contribution is 2.16. The molecule has 16 heavy (non-hydrogen) atoms. The molecule has 0 fully saturated rings. The highest BCUT2D eigenvalue weighted by Gasteiger charge is 2.09. The summed E-state index contributed by atoms with van der Waals surface area (Å²) in [6.07, 6.45) is 1.06. The zero-order chi connectivity index (χ0) is 11.6. The molecule has 0 aliphatic rings. The molecule has 0 aromatic heterocycles. The Balaban J connectivity index is 2.41. The first-order valence-corrected chi connectivity index (χ1v) is 5.68. The summed E-state index contributed by atoms with van der Waals surface area (Å²) in [5.41, 5.74) is 1.22. The van der Waals surface area contributed by atoms with E-state index in [2.05, 4.69) is 17.4 Å². The summed E-state index contributed by atoms with van der Waals surface area (Å²) in [5, 5.41) is 3.15. The molecular weight excluding hydrogens is 202 g/mol. The quantitative estimate of drug-likeness (QED) is 0.684. The van der Waals surface area contributed by atoms with Gasteiger partial charge in [-0.15, -0.1) is 0 Å². The van der Waals surface area contributed by atoms with Crippen LogP contribution in [0.2, 0.25) is 0 Å². The number of benzene rings is 1. The summed E-state index contributed by atoms with van der Waals surface area (Å²) in [6, 6.07) is 10.3. The molecule has 0 radical (unpaired) electrons. The second kappa shape index (κ2) is 8.28. The molecule has 0 bridgehead atoms. The molecule has 1 rings (SSSR count). The molecule has 0 aliphatic heterocycles. The van der Waals surface area contributed by atoms with Gasteiger partial charge in [-0.25, -0.2) is 0 Å². The van der Waals surface area contributed by atoms with E-state index >= 15 is 0 Å². The molecule has 3 heteroatoms. The first kappa shape index (κ1) is 13.2. The number of rotatable bonds is 8. The standard InChI is InChI=1S/C13H21NO2/c1-14-11-13(16-10-6-9-15-2)12-7-4-3-5-8-12/h3-5,7-8,13-14H,6,9-11H2,1-2H3. The number of hydrogen-bond acceptors (Lipinski definition) is 3. The van der Waals surface area contributed by atoms with Gasteiger partial charge in [0, 0.05) is 26.9 Å². The second-order valence-corrected chi connectivity index (χ2v) is 3.67. The lowest BCUT2D eigenvalue weighted by molar-refractivity contribution is 0.0399. The van der Waals surface area contributed by atoms with Crippen molar-refractivity contribution in [1.29, 1.82) is 0 Å². The summed E-state index contributed by atoms with van der Waals surface area (Å²) >= 11 is 0. The van der Waals surface area contributed by atoms with Crippen molar-refractivity contribution in [3.05, 3.63) is 35.9 Å². The van der Waals surface area contributed by atoms with Gasteiger partial charge in [0.15, 0.2) is 0 Å². The predicted molar refractivity (Wildman–Crippen MR) is 65.6 cm³/mol. The molecule has 0 amide bonds. The van der Waals surface area contributed by atoms with Gasteiger partial charge in [0.1, 0.15) is 0 Å². The van der Waals surface area contributed by atoms with Gasteiger partial charge in [-0.1, -0.05) is 30.3 Å². The zero-order valence-corrected chi connectivity index (χ0v) is 10.1. The average molecular weight is 223 g/mol. The van der Waals surface area contributed by atoms with Crippen LogP contribution in [0.25, 0.3) is 0 Å². The number of nitrogens with one attached hydrogen (secondary N) is 1. The fraction of sp³-hybridized carbons (Fsp3) is 0.538. The van der Waals surface area contributed by atoms with Gasteiger partial charge in [0.2, 0.25) is 0 Å². The van der Waals surface area contributed by atoms with E-state index in [9.17, 15) is 0 Å². The SMILES string of the molecule is CNCC(OCCCOC)c1ccccc1. The Bertz CT molecular complexity index is 264. The Labute approximate surface area is 97.8 Å². The van der Waals surface area contributed by atoms with Crippen LogP contribution in [0.3, 0.4) is 0 Å². The minimum absolute atomic E-state index is 0.128. The van der Waals surface area contributed by atoms with Crippen molar-refractivity contribution < 1.29 is 9.47 Å². The van der Waals surface area contributed by atoms with Crippen molar-refractivity contribution in [2.24, 2.45) is 0 Å². The lowest BCUT2D eigenvalue weighted by atomic mass is 10.1. The van der Waals surface area contributed by atoms with Gasteiger partial charge in [-0.2, -0.15) is 0 Å². The predicted octanol–water partition coefficient (Wildman–Crippen LogP) is 2.00. The average Bonchev–Trinajstić information content (AvgIpc) is 2.34. The number of likely N-dealkylation sites (N-methyl/N-ethyl adjacent to an activating group) is 1. The van der Waals surface area contributed by atoms with Crippen LogP contribution in [0.4, 0.5) is 0 Å². The third-order valence-electron chi connectivity index (χ3n) is 2.37. The summed E-state index contributed by atoms with van der Waals surface area (Å²) in [5.74, 6) is 0. The monoisotopic (exact) mass is 223 g/mol. The fourth-order valence-corrected chi connectivity index (χ4v) is 1.55. The molecule has 1 unspecified atom stereocenters. The van der Waals surface area contributed by atoms with Crippen molar-refractivity contribution in [1.82, 2.24) is 5.32 Å². The Hall–Kier alpha value is -0.900. The molecule has 0 saturated heterocycles. The Kier molecular flexibility index (Phi) is 6.81. The lowest BCUT2D eigenvalue weighted by Crippen LogP contribution is -2.20. The maximum atomic E-state index is 5.83. The van der Waals surface area contributed by atoms with Crippen molar-refractivity contribution in [2.45, 2.75) is 12.5 Å². The summed E-state index contributed by atoms with van der Waals surface area (Å²) in [4.78, 5) is 0. The van der Waals surface area contributed by atoms with Crippen LogP contribution in [0, 0.1) is 0 Å². The highest BCUT2D eigenvalue weighted by atomic mass is 16.5. The maximum Gasteiger partial charge on any atom is 0.0949 e. The van der Waals surface area contributed by atoms with Crippen molar-refractivity contribution in [2.75, 3.05) is 33.9 Å². The van der Waals surface area contributed by atoms with Gasteiger partial charge < -0.3 is 14.8 Å². The Morgan fingerprint density at radius 2 is 1.94 bits per heavy atom. The normalized spacial score (nSPS) is 12.6. The van der Waals surface area contributed by atoms with Crippen LogP contribution in [0.5, 0.6) is 0 Å². The first-order chi connectivity index (χ1) is 7.88. The van der Waals surface area contributed by atoms with Gasteiger partial charge in [-0.3, -0.25) is 0 Å². The van der Waals surface area contributed by atoms with Gasteiger partial charge in [0.25, 0.3) is 0 Å². The molecule has 3 nitrogen and oxygen atoms in total. The molecule has 0 spiro atoms. The van der Waals surface area contributed by atoms with E-state index in [1.165, 1.54) is 5.56 Å². The minimum atomic E-state index is 0.128. The third-order valence-corrected chi connectivity index (χ3v) is 2.37. The molecule has 0 heterocycles. The first-order valence-electron chi connectivity index (χ1n) is 5.68. The topological polar surface area (TPSA) is 30.5 Å². The Morgan fingerprint density at radius 3 is 2.56 bits per heavy atom. The molecule has 0 aliphatic carbocycles. The van der Waals surface area contributed by atoms with E-state index in [-0.39, 0.29) is 6.10 Å². The molecule has 1 aromatic carbocycles. The van der Waals surface area contributed by atoms with Crippen LogP contribution < -0.4 is 5.32 Å². The van der Waals surface area contributed by atoms with Crippen LogP contribution in [0.15, 0.2) is 30.3 Å². The van der Waals surface area contributed by atoms with E-state index in [0.717, 1.165) is 26.2 Å². The maximum absolute atomic E-state index is 5.83. The van der Waals surface area contributed by atoms with Crippen LogP contribution in [-0.2, 0) is 9.47 Å². The summed E-state index contributed by atoms with van der Waals surface area (Å²) in [6.45, 7) is 2.31. The molecule has 0 saturated carbocycles. The largest absolute Gasteiger partial charge is 0.385 e. The van der Waals surface area contributed by atoms with Gasteiger partial charge >= 0.3 is 0 Å². The fourth-order valence-electron chi connectivity index (χ4n) is 1.55. The van der Waals surface area contributed by atoms with Crippen LogP contribution in [0.1, 0.15) is 18.1 Å². The van der Waals surface area contributed by atoms with Gasteiger partial charge in [-0.05, 0) is 19.0 Å². The Morgan fingerprint density at radius 1 is 1.19 bits per heavy atom. The molecule has 90 valence electrons. The van der Waals surface area contributed by atoms with Gasteiger partial charge in [0.05, 0.1) is 6.10 Å². The van der Waals surface area contributed by atoms with E-state index < -0.39 is 0 Å².